The summed E-state index contributed by atoms with van der Waals surface area (Å²) in [6.07, 6.45) is 0. The molecule has 1 aromatic rings. The zero-order valence-corrected chi connectivity index (χ0v) is 9.53. The first-order valence-corrected chi connectivity index (χ1v) is 5.62. The first-order valence-electron chi connectivity index (χ1n) is 4.80. The highest BCUT2D eigenvalue weighted by Crippen LogP contribution is 2.34. The van der Waals surface area contributed by atoms with Gasteiger partial charge >= 0.3 is 0 Å². The Labute approximate surface area is 85.1 Å². The van der Waals surface area contributed by atoms with E-state index < -0.39 is 0 Å². The standard InChI is InChI=1S/C9H11NS.C2H6/c1-6-3-4-8-7(2)10-11-9(8)5-6;1-2/h3-5,7,10H,1-2H3;1-2H3. The molecule has 1 heterocycles. The third-order valence-electron chi connectivity index (χ3n) is 1.98. The predicted octanol–water partition coefficient (Wildman–Crippen LogP) is 3.69. The highest BCUT2D eigenvalue weighted by Gasteiger charge is 2.17. The van der Waals surface area contributed by atoms with Crippen molar-refractivity contribution in [1.82, 2.24) is 4.72 Å². The second kappa shape index (κ2) is 4.68. The van der Waals surface area contributed by atoms with E-state index in [0.29, 0.717) is 6.04 Å². The molecule has 1 aliphatic heterocycles. The molecule has 0 saturated carbocycles. The average molecular weight is 195 g/mol. The third kappa shape index (κ3) is 2.26. The Kier molecular flexibility index (Phi) is 3.82. The Bertz CT molecular complexity index is 283. The molecular weight excluding hydrogens is 178 g/mol. The molecule has 2 heteroatoms. The minimum absolute atomic E-state index is 0.510. The number of hydrogen-bond acceptors (Lipinski definition) is 2. The van der Waals surface area contributed by atoms with Crippen molar-refractivity contribution in [3.05, 3.63) is 29.3 Å². The smallest absolute Gasteiger partial charge is 0.0408 e. The summed E-state index contributed by atoms with van der Waals surface area (Å²) in [5.74, 6) is 0. The summed E-state index contributed by atoms with van der Waals surface area (Å²) in [5.41, 5.74) is 2.77. The molecule has 0 spiro atoms. The lowest BCUT2D eigenvalue weighted by molar-refractivity contribution is 0.765. The van der Waals surface area contributed by atoms with Crippen molar-refractivity contribution in [2.24, 2.45) is 0 Å². The van der Waals surface area contributed by atoms with Gasteiger partial charge in [0.2, 0.25) is 0 Å². The molecule has 0 aromatic heterocycles. The van der Waals surface area contributed by atoms with E-state index in [9.17, 15) is 0 Å². The van der Waals surface area contributed by atoms with Crippen LogP contribution in [-0.4, -0.2) is 0 Å². The normalized spacial score (nSPS) is 18.9. The fourth-order valence-electron chi connectivity index (χ4n) is 1.30. The summed E-state index contributed by atoms with van der Waals surface area (Å²) in [4.78, 5) is 1.39. The van der Waals surface area contributed by atoms with E-state index in [1.54, 1.807) is 11.9 Å². The fraction of sp³-hybridized carbons (Fsp3) is 0.455. The van der Waals surface area contributed by atoms with Crippen LogP contribution in [0.3, 0.4) is 0 Å². The van der Waals surface area contributed by atoms with E-state index in [1.165, 1.54) is 16.0 Å². The van der Waals surface area contributed by atoms with Gasteiger partial charge in [0.1, 0.15) is 0 Å². The van der Waals surface area contributed by atoms with E-state index in [2.05, 4.69) is 36.8 Å². The SMILES string of the molecule is CC.Cc1ccc2c(c1)SNC2C. The quantitative estimate of drug-likeness (QED) is 0.634. The average Bonchev–Trinajstić information content (AvgIpc) is 2.51. The molecule has 1 nitrogen and oxygen atoms in total. The van der Waals surface area contributed by atoms with Crippen LogP contribution in [-0.2, 0) is 0 Å². The van der Waals surface area contributed by atoms with Gasteiger partial charge < -0.3 is 0 Å². The highest BCUT2D eigenvalue weighted by atomic mass is 32.2. The van der Waals surface area contributed by atoms with E-state index in [4.69, 9.17) is 0 Å². The van der Waals surface area contributed by atoms with E-state index in [-0.39, 0.29) is 0 Å². The number of nitrogens with one attached hydrogen (secondary N) is 1. The lowest BCUT2D eigenvalue weighted by Crippen LogP contribution is -2.01. The molecule has 2 rings (SSSR count). The van der Waals surface area contributed by atoms with Crippen molar-refractivity contribution in [3.63, 3.8) is 0 Å². The predicted molar refractivity (Wildman–Crippen MR) is 59.9 cm³/mol. The maximum absolute atomic E-state index is 3.33. The molecule has 0 radical (unpaired) electrons. The van der Waals surface area contributed by atoms with Crippen LogP contribution in [0.5, 0.6) is 0 Å². The summed E-state index contributed by atoms with van der Waals surface area (Å²) in [7, 11) is 0. The fourth-order valence-corrected chi connectivity index (χ4v) is 2.34. The van der Waals surface area contributed by atoms with Gasteiger partial charge in [-0.05, 0) is 43.0 Å². The summed E-state index contributed by atoms with van der Waals surface area (Å²) in [6.45, 7) is 8.32. The van der Waals surface area contributed by atoms with Gasteiger partial charge in [0.25, 0.3) is 0 Å². The monoisotopic (exact) mass is 195 g/mol. The molecule has 1 aromatic carbocycles. The Morgan fingerprint density at radius 2 is 2.00 bits per heavy atom. The largest absolute Gasteiger partial charge is 0.253 e. The van der Waals surface area contributed by atoms with Crippen molar-refractivity contribution < 1.29 is 0 Å². The Morgan fingerprint density at radius 1 is 1.31 bits per heavy atom. The van der Waals surface area contributed by atoms with Crippen molar-refractivity contribution in [1.29, 1.82) is 0 Å². The lowest BCUT2D eigenvalue weighted by Gasteiger charge is -2.01. The molecule has 0 bridgehead atoms. The summed E-state index contributed by atoms with van der Waals surface area (Å²) >= 11 is 1.74. The second-order valence-electron chi connectivity index (χ2n) is 2.98. The number of hydrogen-bond donors (Lipinski definition) is 1. The Hall–Kier alpha value is -0.470. The summed E-state index contributed by atoms with van der Waals surface area (Å²) in [6, 6.07) is 7.12. The molecule has 0 aliphatic carbocycles. The summed E-state index contributed by atoms with van der Waals surface area (Å²) < 4.78 is 3.33. The number of fused-ring (bicyclic) bond motifs is 1. The number of benzene rings is 1. The summed E-state index contributed by atoms with van der Waals surface area (Å²) in [5, 5.41) is 0. The van der Waals surface area contributed by atoms with E-state index >= 15 is 0 Å². The van der Waals surface area contributed by atoms with Gasteiger partial charge in [0.15, 0.2) is 0 Å². The molecule has 0 fully saturated rings. The van der Waals surface area contributed by atoms with Crippen molar-refractivity contribution in [2.75, 3.05) is 0 Å². The van der Waals surface area contributed by atoms with Crippen molar-refractivity contribution in [2.45, 2.75) is 38.6 Å². The van der Waals surface area contributed by atoms with Crippen LogP contribution in [0.4, 0.5) is 0 Å². The number of rotatable bonds is 0. The molecule has 1 unspecified atom stereocenters. The molecule has 1 aliphatic rings. The van der Waals surface area contributed by atoms with Crippen molar-refractivity contribution in [3.8, 4) is 0 Å². The minimum Gasteiger partial charge on any atom is -0.253 e. The topological polar surface area (TPSA) is 12.0 Å². The van der Waals surface area contributed by atoms with Gasteiger partial charge in [-0.2, -0.15) is 0 Å². The van der Waals surface area contributed by atoms with Crippen molar-refractivity contribution >= 4 is 11.9 Å². The lowest BCUT2D eigenvalue weighted by atomic mass is 10.1. The zero-order valence-electron chi connectivity index (χ0n) is 8.72. The van der Waals surface area contributed by atoms with Gasteiger partial charge in [-0.1, -0.05) is 26.0 Å². The van der Waals surface area contributed by atoms with Gasteiger partial charge in [-0.15, -0.1) is 0 Å². The van der Waals surface area contributed by atoms with E-state index in [0.717, 1.165) is 0 Å². The molecule has 0 saturated heterocycles. The molecule has 1 N–H and O–H groups in total. The maximum atomic E-state index is 3.33. The maximum Gasteiger partial charge on any atom is 0.0408 e. The zero-order chi connectivity index (χ0) is 9.84. The van der Waals surface area contributed by atoms with Gasteiger partial charge in [0.05, 0.1) is 0 Å². The van der Waals surface area contributed by atoms with Gasteiger partial charge in [-0.25, -0.2) is 0 Å². The first-order chi connectivity index (χ1) is 6.27. The van der Waals surface area contributed by atoms with Crippen LogP contribution >= 0.6 is 11.9 Å². The molecule has 13 heavy (non-hydrogen) atoms. The minimum atomic E-state index is 0.510. The van der Waals surface area contributed by atoms with Gasteiger partial charge in [0, 0.05) is 10.9 Å². The molecular formula is C11H17NS. The van der Waals surface area contributed by atoms with Crippen LogP contribution < -0.4 is 4.72 Å². The van der Waals surface area contributed by atoms with Crippen LogP contribution in [0.2, 0.25) is 0 Å². The Balaban J connectivity index is 0.000000396. The molecule has 1 atom stereocenters. The van der Waals surface area contributed by atoms with E-state index in [1.807, 2.05) is 13.8 Å². The number of aryl methyl sites for hydroxylation is 1. The first kappa shape index (κ1) is 10.6. The van der Waals surface area contributed by atoms with Crippen LogP contribution in [0, 0.1) is 6.92 Å². The molecule has 0 amide bonds. The van der Waals surface area contributed by atoms with Crippen LogP contribution in [0.1, 0.15) is 37.9 Å². The second-order valence-corrected chi connectivity index (χ2v) is 3.86. The van der Waals surface area contributed by atoms with Crippen LogP contribution in [0.25, 0.3) is 0 Å². The van der Waals surface area contributed by atoms with Crippen LogP contribution in [0.15, 0.2) is 23.1 Å². The molecule has 72 valence electrons. The highest BCUT2D eigenvalue weighted by molar-refractivity contribution is 7.97. The Morgan fingerprint density at radius 3 is 2.69 bits per heavy atom. The van der Waals surface area contributed by atoms with Gasteiger partial charge in [-0.3, -0.25) is 4.72 Å². The third-order valence-corrected chi connectivity index (χ3v) is 3.03.